The first kappa shape index (κ1) is 17.7. The highest BCUT2D eigenvalue weighted by atomic mass is 79.9. The zero-order valence-corrected chi connectivity index (χ0v) is 14.2. The topological polar surface area (TPSA) is 52.6 Å². The van der Waals surface area contributed by atoms with Gasteiger partial charge in [-0.05, 0) is 30.0 Å². The minimum absolute atomic E-state index is 0.563. The Balaban J connectivity index is 2.99. The van der Waals surface area contributed by atoms with Crippen molar-refractivity contribution in [2.45, 2.75) is 38.5 Å². The van der Waals surface area contributed by atoms with E-state index in [4.69, 9.17) is 9.47 Å². The van der Waals surface area contributed by atoms with E-state index in [0.29, 0.717) is 5.56 Å². The molecule has 0 aliphatic rings. The number of unbranched alkanes of at least 4 members (excludes halogenated alkanes) is 2. The van der Waals surface area contributed by atoms with Crippen LogP contribution in [0.15, 0.2) is 22.7 Å². The highest BCUT2D eigenvalue weighted by molar-refractivity contribution is 9.10. The molecular weight excluding hydrogens is 336 g/mol. The second-order valence-corrected chi connectivity index (χ2v) is 5.65. The number of methoxy groups -OCH3 is 2. The number of ether oxygens (including phenoxy) is 2. The zero-order valence-electron chi connectivity index (χ0n) is 12.6. The summed E-state index contributed by atoms with van der Waals surface area (Å²) >= 11 is 3.44. The third-order valence-electron chi connectivity index (χ3n) is 3.32. The smallest absolute Gasteiger partial charge is 0.324 e. The largest absolute Gasteiger partial charge is 0.468 e. The summed E-state index contributed by atoms with van der Waals surface area (Å²) in [5, 5.41) is 0. The van der Waals surface area contributed by atoms with Crippen LogP contribution in [0.5, 0.6) is 0 Å². The van der Waals surface area contributed by atoms with Gasteiger partial charge in [0.2, 0.25) is 0 Å². The normalized spacial score (nSPS) is 10.5. The van der Waals surface area contributed by atoms with Gasteiger partial charge in [-0.2, -0.15) is 0 Å². The molecule has 0 aromatic heterocycles. The number of carbonyl (C=O) groups excluding carboxylic acids is 2. The van der Waals surface area contributed by atoms with E-state index < -0.39 is 17.9 Å². The Morgan fingerprint density at radius 1 is 1.14 bits per heavy atom. The molecule has 0 bridgehead atoms. The Bertz CT molecular complexity index is 483. The lowest BCUT2D eigenvalue weighted by Crippen LogP contribution is -2.24. The summed E-state index contributed by atoms with van der Waals surface area (Å²) in [5.74, 6) is -2.30. The zero-order chi connectivity index (χ0) is 15.8. The van der Waals surface area contributed by atoms with Crippen LogP contribution in [-0.4, -0.2) is 26.2 Å². The van der Waals surface area contributed by atoms with Gasteiger partial charge in [-0.1, -0.05) is 47.8 Å². The molecule has 0 spiro atoms. The summed E-state index contributed by atoms with van der Waals surface area (Å²) in [5.41, 5.74) is 1.74. The molecule has 0 amide bonds. The second kappa shape index (κ2) is 8.82. The van der Waals surface area contributed by atoms with Crippen LogP contribution in [0.2, 0.25) is 0 Å². The first-order chi connectivity index (χ1) is 10.0. The number of benzene rings is 1. The molecule has 4 nitrogen and oxygen atoms in total. The van der Waals surface area contributed by atoms with Crippen molar-refractivity contribution in [3.8, 4) is 0 Å². The first-order valence-corrected chi connectivity index (χ1v) is 7.78. The fourth-order valence-electron chi connectivity index (χ4n) is 2.13. The van der Waals surface area contributed by atoms with Gasteiger partial charge < -0.3 is 9.47 Å². The van der Waals surface area contributed by atoms with Gasteiger partial charge in [-0.15, -0.1) is 0 Å². The standard InChI is InChI=1S/C16H21BrO4/c1-4-5-6-7-11-8-9-12(13(17)10-11)14(15(18)20-2)16(19)21-3/h8-10,14H,4-7H2,1-3H3. The number of esters is 2. The predicted molar refractivity (Wildman–Crippen MR) is 84.1 cm³/mol. The lowest BCUT2D eigenvalue weighted by atomic mass is 9.96. The first-order valence-electron chi connectivity index (χ1n) is 6.99. The summed E-state index contributed by atoms with van der Waals surface area (Å²) in [7, 11) is 2.51. The third-order valence-corrected chi connectivity index (χ3v) is 4.01. The van der Waals surface area contributed by atoms with Crippen LogP contribution in [0.1, 0.15) is 43.2 Å². The Kier molecular flexibility index (Phi) is 7.43. The van der Waals surface area contributed by atoms with Crippen molar-refractivity contribution in [3.05, 3.63) is 33.8 Å². The summed E-state index contributed by atoms with van der Waals surface area (Å²) in [6, 6.07) is 5.67. The van der Waals surface area contributed by atoms with Gasteiger partial charge in [0, 0.05) is 4.47 Å². The number of hydrogen-bond acceptors (Lipinski definition) is 4. The van der Waals surface area contributed by atoms with Crippen molar-refractivity contribution in [2.75, 3.05) is 14.2 Å². The van der Waals surface area contributed by atoms with E-state index in [2.05, 4.69) is 22.9 Å². The number of hydrogen-bond donors (Lipinski definition) is 0. The molecule has 0 heterocycles. The average Bonchev–Trinajstić information content (AvgIpc) is 2.49. The molecule has 0 saturated heterocycles. The summed E-state index contributed by atoms with van der Waals surface area (Å²) in [6.45, 7) is 2.16. The maximum absolute atomic E-state index is 11.8. The maximum atomic E-state index is 11.8. The minimum atomic E-state index is -1.06. The van der Waals surface area contributed by atoms with E-state index >= 15 is 0 Å². The van der Waals surface area contributed by atoms with Crippen molar-refractivity contribution < 1.29 is 19.1 Å². The Labute approximate surface area is 133 Å². The molecule has 21 heavy (non-hydrogen) atoms. The van der Waals surface area contributed by atoms with E-state index in [1.807, 2.05) is 12.1 Å². The van der Waals surface area contributed by atoms with Gasteiger partial charge in [-0.25, -0.2) is 0 Å². The van der Waals surface area contributed by atoms with E-state index in [0.717, 1.165) is 17.3 Å². The van der Waals surface area contributed by atoms with Crippen LogP contribution in [0.25, 0.3) is 0 Å². The average molecular weight is 357 g/mol. The third kappa shape index (κ3) is 4.84. The van der Waals surface area contributed by atoms with Crippen LogP contribution in [0.3, 0.4) is 0 Å². The van der Waals surface area contributed by atoms with Crippen molar-refractivity contribution in [2.24, 2.45) is 0 Å². The van der Waals surface area contributed by atoms with Crippen molar-refractivity contribution in [3.63, 3.8) is 0 Å². The number of halogens is 1. The molecule has 0 N–H and O–H groups in total. The quantitative estimate of drug-likeness (QED) is 0.425. The predicted octanol–water partition coefficient (Wildman–Crippen LogP) is 3.61. The van der Waals surface area contributed by atoms with E-state index in [9.17, 15) is 9.59 Å². The van der Waals surface area contributed by atoms with Gasteiger partial charge >= 0.3 is 11.9 Å². The van der Waals surface area contributed by atoms with E-state index in [1.54, 1.807) is 6.07 Å². The molecule has 1 aromatic carbocycles. The number of aryl methyl sites for hydroxylation is 1. The SMILES string of the molecule is CCCCCc1ccc(C(C(=O)OC)C(=O)OC)c(Br)c1. The van der Waals surface area contributed by atoms with E-state index in [1.165, 1.54) is 32.6 Å². The van der Waals surface area contributed by atoms with E-state index in [-0.39, 0.29) is 0 Å². The van der Waals surface area contributed by atoms with Crippen LogP contribution in [0.4, 0.5) is 0 Å². The molecule has 0 fully saturated rings. The second-order valence-electron chi connectivity index (χ2n) is 4.79. The minimum Gasteiger partial charge on any atom is -0.468 e. The Morgan fingerprint density at radius 2 is 1.76 bits per heavy atom. The fraction of sp³-hybridized carbons (Fsp3) is 0.500. The van der Waals surface area contributed by atoms with Crippen LogP contribution < -0.4 is 0 Å². The van der Waals surface area contributed by atoms with Gasteiger partial charge in [0.1, 0.15) is 0 Å². The monoisotopic (exact) mass is 356 g/mol. The summed E-state index contributed by atoms with van der Waals surface area (Å²) in [4.78, 5) is 23.6. The molecule has 0 aliphatic carbocycles. The molecule has 0 saturated carbocycles. The maximum Gasteiger partial charge on any atom is 0.324 e. The molecule has 1 rings (SSSR count). The van der Waals surface area contributed by atoms with Crippen LogP contribution in [-0.2, 0) is 25.5 Å². The Hall–Kier alpha value is -1.36. The molecule has 0 aliphatic heterocycles. The lowest BCUT2D eigenvalue weighted by molar-refractivity contribution is -0.154. The molecule has 116 valence electrons. The van der Waals surface area contributed by atoms with Crippen molar-refractivity contribution >= 4 is 27.9 Å². The van der Waals surface area contributed by atoms with Crippen LogP contribution in [0, 0.1) is 0 Å². The summed E-state index contributed by atoms with van der Waals surface area (Å²) < 4.78 is 10.1. The fourth-order valence-corrected chi connectivity index (χ4v) is 2.78. The van der Waals surface area contributed by atoms with Gasteiger partial charge in [0.25, 0.3) is 0 Å². The molecular formula is C16H21BrO4. The van der Waals surface area contributed by atoms with Crippen molar-refractivity contribution in [1.29, 1.82) is 0 Å². The number of carbonyl (C=O) groups is 2. The molecule has 0 radical (unpaired) electrons. The van der Waals surface area contributed by atoms with Crippen LogP contribution >= 0.6 is 15.9 Å². The van der Waals surface area contributed by atoms with Gasteiger partial charge in [-0.3, -0.25) is 9.59 Å². The highest BCUT2D eigenvalue weighted by Gasteiger charge is 2.32. The lowest BCUT2D eigenvalue weighted by Gasteiger charge is -2.15. The highest BCUT2D eigenvalue weighted by Crippen LogP contribution is 2.28. The number of rotatable bonds is 7. The molecule has 0 unspecified atom stereocenters. The molecule has 1 aromatic rings. The molecule has 5 heteroatoms. The van der Waals surface area contributed by atoms with Crippen molar-refractivity contribution in [1.82, 2.24) is 0 Å². The Morgan fingerprint density at radius 3 is 2.24 bits per heavy atom. The molecule has 0 atom stereocenters. The summed E-state index contributed by atoms with van der Waals surface area (Å²) in [6.07, 6.45) is 4.46. The van der Waals surface area contributed by atoms with Gasteiger partial charge in [0.15, 0.2) is 5.92 Å². The van der Waals surface area contributed by atoms with Gasteiger partial charge in [0.05, 0.1) is 14.2 Å².